The maximum atomic E-state index is 11.5. The van der Waals surface area contributed by atoms with Crippen LogP contribution in [0.4, 0.5) is 0 Å². The Morgan fingerprint density at radius 2 is 1.43 bits per heavy atom. The van der Waals surface area contributed by atoms with E-state index in [4.69, 9.17) is 4.43 Å². The van der Waals surface area contributed by atoms with E-state index in [2.05, 4.69) is 76.6 Å². The van der Waals surface area contributed by atoms with Gasteiger partial charge in [-0.25, -0.2) is 0 Å². The Labute approximate surface area is 139 Å². The maximum Gasteiger partial charge on any atom is 0.236 e. The number of alkyl halides is 1. The topological polar surface area (TPSA) is 38.3 Å². The van der Waals surface area contributed by atoms with Gasteiger partial charge in [-0.1, -0.05) is 71.3 Å². The van der Waals surface area contributed by atoms with Crippen molar-refractivity contribution in [1.82, 2.24) is 5.32 Å². The van der Waals surface area contributed by atoms with Gasteiger partial charge in [0.25, 0.3) is 0 Å². The third kappa shape index (κ3) is 3.56. The molecule has 1 rings (SSSR count). The third-order valence-electron chi connectivity index (χ3n) is 4.93. The molecule has 0 spiro atoms. The molecule has 1 amide bonds. The standard InChI is InChI=1S/C16H32BrNO2Si/c1-9(2)15(14-13(17)16(19)18-14)20-21(10(3)4,11(5)6)12(7)8/h9-15H,1-8H3,(H,18,19)/t13-,14+,15+/m1/s1. The van der Waals surface area contributed by atoms with Crippen LogP contribution in [0.1, 0.15) is 55.4 Å². The van der Waals surface area contributed by atoms with Crippen molar-refractivity contribution in [2.24, 2.45) is 5.92 Å². The van der Waals surface area contributed by atoms with Crippen LogP contribution in [-0.2, 0) is 9.22 Å². The molecular formula is C16H32BrNO2Si. The van der Waals surface area contributed by atoms with E-state index in [0.29, 0.717) is 22.5 Å². The zero-order valence-corrected chi connectivity index (χ0v) is 17.3. The van der Waals surface area contributed by atoms with Gasteiger partial charge < -0.3 is 9.74 Å². The summed E-state index contributed by atoms with van der Waals surface area (Å²) in [6.07, 6.45) is 0.0888. The van der Waals surface area contributed by atoms with Gasteiger partial charge >= 0.3 is 0 Å². The molecule has 3 nitrogen and oxygen atoms in total. The molecule has 1 saturated heterocycles. The van der Waals surface area contributed by atoms with Gasteiger partial charge in [-0.05, 0) is 22.5 Å². The molecule has 1 aliphatic heterocycles. The van der Waals surface area contributed by atoms with Gasteiger partial charge in [0.15, 0.2) is 0 Å². The first-order valence-electron chi connectivity index (χ1n) is 8.17. The van der Waals surface area contributed by atoms with Crippen LogP contribution >= 0.6 is 15.9 Å². The number of amides is 1. The van der Waals surface area contributed by atoms with Crippen molar-refractivity contribution >= 4 is 30.2 Å². The minimum Gasteiger partial charge on any atom is -0.411 e. The maximum absolute atomic E-state index is 11.5. The quantitative estimate of drug-likeness (QED) is 0.403. The number of hydrogen-bond acceptors (Lipinski definition) is 2. The number of β-lactam (4-membered cyclic amide) rings is 1. The summed E-state index contributed by atoms with van der Waals surface area (Å²) >= 11 is 3.50. The molecule has 0 unspecified atom stereocenters. The van der Waals surface area contributed by atoms with Gasteiger partial charge in [-0.3, -0.25) is 4.79 Å². The summed E-state index contributed by atoms with van der Waals surface area (Å²) in [7, 11) is -1.92. The second-order valence-corrected chi connectivity index (χ2v) is 14.0. The zero-order chi connectivity index (χ0) is 16.5. The molecule has 1 heterocycles. The normalized spacial score (nSPS) is 24.7. The number of nitrogens with one attached hydrogen (secondary N) is 1. The van der Waals surface area contributed by atoms with Gasteiger partial charge in [0, 0.05) is 0 Å². The average Bonchev–Trinajstić information content (AvgIpc) is 2.36. The molecule has 0 bridgehead atoms. The van der Waals surface area contributed by atoms with Gasteiger partial charge in [-0.15, -0.1) is 0 Å². The van der Waals surface area contributed by atoms with Crippen LogP contribution in [0.3, 0.4) is 0 Å². The smallest absolute Gasteiger partial charge is 0.236 e. The average molecular weight is 378 g/mol. The molecule has 0 aliphatic carbocycles. The lowest BCUT2D eigenvalue weighted by molar-refractivity contribution is -0.130. The van der Waals surface area contributed by atoms with Crippen molar-refractivity contribution < 1.29 is 9.22 Å². The van der Waals surface area contributed by atoms with E-state index >= 15 is 0 Å². The molecule has 0 radical (unpaired) electrons. The van der Waals surface area contributed by atoms with Crippen molar-refractivity contribution in [2.45, 2.75) is 89.0 Å². The summed E-state index contributed by atoms with van der Waals surface area (Å²) in [5, 5.41) is 3.02. The van der Waals surface area contributed by atoms with Gasteiger partial charge in [0.05, 0.1) is 12.1 Å². The highest BCUT2D eigenvalue weighted by atomic mass is 79.9. The summed E-state index contributed by atoms with van der Waals surface area (Å²) in [6, 6.07) is 0.0978. The summed E-state index contributed by atoms with van der Waals surface area (Å²) in [4.78, 5) is 11.4. The van der Waals surface area contributed by atoms with Crippen LogP contribution < -0.4 is 5.32 Å². The SMILES string of the molecule is CC(C)[C@H](O[Si](C(C)C)(C(C)C)C(C)C)[C@H]1NC(=O)[C@@H]1Br. The molecule has 21 heavy (non-hydrogen) atoms. The zero-order valence-electron chi connectivity index (χ0n) is 14.7. The van der Waals surface area contributed by atoms with E-state index in [1.54, 1.807) is 0 Å². The van der Waals surface area contributed by atoms with Crippen molar-refractivity contribution in [2.75, 3.05) is 0 Å². The Kier molecular flexibility index (Phi) is 6.51. The largest absolute Gasteiger partial charge is 0.411 e. The minimum atomic E-state index is -1.92. The fourth-order valence-corrected chi connectivity index (χ4v) is 10.2. The fourth-order valence-electron chi connectivity index (χ4n) is 3.90. The molecule has 0 aromatic heterocycles. The Hall–Kier alpha value is 0.127. The fraction of sp³-hybridized carbons (Fsp3) is 0.938. The molecule has 1 N–H and O–H groups in total. The predicted octanol–water partition coefficient (Wildman–Crippen LogP) is 4.47. The highest BCUT2D eigenvalue weighted by molar-refractivity contribution is 9.10. The molecule has 0 saturated carbocycles. The molecule has 5 heteroatoms. The van der Waals surface area contributed by atoms with Crippen molar-refractivity contribution in [3.05, 3.63) is 0 Å². The lowest BCUT2D eigenvalue weighted by atomic mass is 9.92. The first kappa shape index (κ1) is 19.2. The molecule has 124 valence electrons. The Bertz CT molecular complexity index is 350. The second kappa shape index (κ2) is 7.13. The van der Waals surface area contributed by atoms with Gasteiger partial charge in [-0.2, -0.15) is 0 Å². The van der Waals surface area contributed by atoms with Crippen LogP contribution in [0.15, 0.2) is 0 Å². The van der Waals surface area contributed by atoms with Gasteiger partial charge in [0.2, 0.25) is 14.2 Å². The van der Waals surface area contributed by atoms with E-state index in [1.165, 1.54) is 0 Å². The van der Waals surface area contributed by atoms with Crippen LogP contribution in [0.5, 0.6) is 0 Å². The summed E-state index contributed by atoms with van der Waals surface area (Å²) in [6.45, 7) is 18.2. The van der Waals surface area contributed by atoms with Crippen LogP contribution in [0.25, 0.3) is 0 Å². The Balaban J connectivity index is 3.06. The van der Waals surface area contributed by atoms with E-state index < -0.39 is 8.32 Å². The predicted molar refractivity (Wildman–Crippen MR) is 95.4 cm³/mol. The van der Waals surface area contributed by atoms with E-state index in [-0.39, 0.29) is 22.9 Å². The molecule has 1 aliphatic rings. The number of carbonyl (C=O) groups is 1. The second-order valence-electron chi connectivity index (χ2n) is 7.58. The van der Waals surface area contributed by atoms with Crippen molar-refractivity contribution in [3.8, 4) is 0 Å². The molecule has 0 aromatic rings. The Morgan fingerprint density at radius 1 is 1.00 bits per heavy atom. The van der Waals surface area contributed by atoms with Crippen LogP contribution in [0, 0.1) is 5.92 Å². The number of hydrogen-bond donors (Lipinski definition) is 1. The third-order valence-corrected chi connectivity index (χ3v) is 12.0. The molecule has 3 atom stereocenters. The highest BCUT2D eigenvalue weighted by Gasteiger charge is 2.51. The van der Waals surface area contributed by atoms with Crippen molar-refractivity contribution in [1.29, 1.82) is 0 Å². The first-order valence-corrected chi connectivity index (χ1v) is 11.2. The summed E-state index contributed by atoms with van der Waals surface area (Å²) in [5.74, 6) is 0.471. The summed E-state index contributed by atoms with van der Waals surface area (Å²) in [5.41, 5.74) is 1.68. The number of carbonyl (C=O) groups excluding carboxylic acids is 1. The van der Waals surface area contributed by atoms with Gasteiger partial charge in [0.1, 0.15) is 4.83 Å². The number of halogens is 1. The Morgan fingerprint density at radius 3 is 1.67 bits per heavy atom. The lowest BCUT2D eigenvalue weighted by Crippen LogP contribution is -2.68. The van der Waals surface area contributed by atoms with Crippen LogP contribution in [-0.4, -0.2) is 31.2 Å². The van der Waals surface area contributed by atoms with E-state index in [0.717, 1.165) is 0 Å². The first-order chi connectivity index (χ1) is 9.55. The number of rotatable bonds is 7. The molecule has 0 aromatic carbocycles. The minimum absolute atomic E-state index is 0.0835. The highest BCUT2D eigenvalue weighted by Crippen LogP contribution is 2.44. The van der Waals surface area contributed by atoms with Crippen molar-refractivity contribution in [3.63, 3.8) is 0 Å². The monoisotopic (exact) mass is 377 g/mol. The summed E-state index contributed by atoms with van der Waals surface area (Å²) < 4.78 is 6.90. The van der Waals surface area contributed by atoms with E-state index in [1.807, 2.05) is 0 Å². The van der Waals surface area contributed by atoms with Crippen LogP contribution in [0.2, 0.25) is 16.6 Å². The molecular weight excluding hydrogens is 346 g/mol. The van der Waals surface area contributed by atoms with E-state index in [9.17, 15) is 4.79 Å². The lowest BCUT2D eigenvalue weighted by Gasteiger charge is -2.49. The molecule has 1 fully saturated rings.